The fourth-order valence-electron chi connectivity index (χ4n) is 5.11. The third kappa shape index (κ3) is 10.3. The van der Waals surface area contributed by atoms with E-state index in [2.05, 4.69) is 10.7 Å². The molecule has 0 saturated carbocycles. The van der Waals surface area contributed by atoms with Crippen molar-refractivity contribution in [3.8, 4) is 0 Å². The second-order valence-corrected chi connectivity index (χ2v) is 11.5. The number of carbonyl (C=O) groups is 4. The largest absolute Gasteiger partial charge is 0.390 e. The first-order valence-electron chi connectivity index (χ1n) is 15.9. The van der Waals surface area contributed by atoms with Gasteiger partial charge in [-0.15, -0.1) is 0 Å². The molecule has 4 amide bonds. The van der Waals surface area contributed by atoms with Gasteiger partial charge in [0.2, 0.25) is 0 Å². The number of hydrogen-bond acceptors (Lipinski definition) is 6. The van der Waals surface area contributed by atoms with Crippen molar-refractivity contribution in [1.29, 1.82) is 0 Å². The van der Waals surface area contributed by atoms with Crippen LogP contribution in [0.2, 0.25) is 0 Å². The lowest BCUT2D eigenvalue weighted by Gasteiger charge is -2.30. The van der Waals surface area contributed by atoms with Gasteiger partial charge in [-0.2, -0.15) is 0 Å². The lowest BCUT2D eigenvalue weighted by atomic mass is 9.99. The number of benzene rings is 3. The molecule has 2 atom stereocenters. The first-order chi connectivity index (χ1) is 22.1. The van der Waals surface area contributed by atoms with Gasteiger partial charge in [-0.25, -0.2) is 5.01 Å². The highest BCUT2D eigenvalue weighted by Crippen LogP contribution is 2.17. The number of aliphatic hydroxyl groups excluding tert-OH is 1. The van der Waals surface area contributed by atoms with Gasteiger partial charge in [0.1, 0.15) is 0 Å². The summed E-state index contributed by atoms with van der Waals surface area (Å²) in [4.78, 5) is 56.4. The molecule has 246 valence electrons. The minimum Gasteiger partial charge on any atom is -0.390 e. The van der Waals surface area contributed by atoms with E-state index in [1.54, 1.807) is 48.3 Å². The van der Waals surface area contributed by atoms with Crippen LogP contribution in [0.25, 0.3) is 0 Å². The maximum absolute atomic E-state index is 13.9. The number of nitrogens with zero attached hydrogens (tertiary/aromatic N) is 3. The fraction of sp³-hybridized carbons (Fsp3) is 0.389. The van der Waals surface area contributed by atoms with Crippen LogP contribution >= 0.6 is 0 Å². The second kappa shape index (κ2) is 17.8. The van der Waals surface area contributed by atoms with Crippen LogP contribution in [0.1, 0.15) is 80.6 Å². The van der Waals surface area contributed by atoms with E-state index in [4.69, 9.17) is 0 Å². The summed E-state index contributed by atoms with van der Waals surface area (Å²) in [6.45, 7) is 7.40. The first kappa shape index (κ1) is 35.9. The molecule has 0 spiro atoms. The lowest BCUT2D eigenvalue weighted by Crippen LogP contribution is -2.53. The van der Waals surface area contributed by atoms with Gasteiger partial charge in [-0.3, -0.25) is 24.6 Å². The summed E-state index contributed by atoms with van der Waals surface area (Å²) in [6.07, 6.45) is 0.766. The van der Waals surface area contributed by atoms with Crippen LogP contribution in [-0.4, -0.2) is 96.0 Å². The summed E-state index contributed by atoms with van der Waals surface area (Å²) >= 11 is 0. The van der Waals surface area contributed by atoms with E-state index < -0.39 is 18.1 Å². The molecule has 3 rings (SSSR count). The Morgan fingerprint density at radius 2 is 1.26 bits per heavy atom. The SMILES string of the molecule is CCCN(CCC)C(=O)c1cc(C(=O)NC(Cc2ccccc2)C(O)CN(CC)NC(=O)c2ccccc2)cc(C(=O)N(C)C)c1. The van der Waals surface area contributed by atoms with Crippen molar-refractivity contribution in [2.75, 3.05) is 40.3 Å². The Morgan fingerprint density at radius 3 is 1.80 bits per heavy atom. The zero-order valence-corrected chi connectivity index (χ0v) is 27.5. The zero-order valence-electron chi connectivity index (χ0n) is 27.5. The van der Waals surface area contributed by atoms with Crippen molar-refractivity contribution in [2.45, 2.75) is 52.2 Å². The van der Waals surface area contributed by atoms with Crippen molar-refractivity contribution in [3.05, 3.63) is 107 Å². The standard InChI is InChI=1S/C36H47N5O5/c1-6-19-40(20-7-2)36(46)30-23-28(22-29(24-30)35(45)39(4)5)33(43)37-31(21-26-15-11-9-12-16-26)32(42)25-41(8-3)38-34(44)27-17-13-10-14-18-27/h9-18,22-24,31-32,42H,6-8,19-21,25H2,1-5H3,(H,37,43)(H,38,44). The normalized spacial score (nSPS) is 12.2. The molecule has 3 aromatic carbocycles. The van der Waals surface area contributed by atoms with Gasteiger partial charge >= 0.3 is 0 Å². The maximum Gasteiger partial charge on any atom is 0.265 e. The van der Waals surface area contributed by atoms with Gasteiger partial charge < -0.3 is 20.2 Å². The monoisotopic (exact) mass is 629 g/mol. The summed E-state index contributed by atoms with van der Waals surface area (Å²) in [5, 5.41) is 16.0. The van der Waals surface area contributed by atoms with E-state index in [0.717, 1.165) is 18.4 Å². The molecule has 0 aliphatic heterocycles. The van der Waals surface area contributed by atoms with E-state index in [9.17, 15) is 24.3 Å². The number of likely N-dealkylation sites (N-methyl/N-ethyl adjacent to an activating group) is 1. The van der Waals surface area contributed by atoms with E-state index in [0.29, 0.717) is 31.6 Å². The molecule has 0 aliphatic carbocycles. The third-order valence-electron chi connectivity index (χ3n) is 7.53. The Balaban J connectivity index is 1.91. The number of aliphatic hydroxyl groups is 1. The number of carbonyl (C=O) groups excluding carboxylic acids is 4. The molecule has 0 fully saturated rings. The van der Waals surface area contributed by atoms with E-state index in [-0.39, 0.29) is 41.0 Å². The van der Waals surface area contributed by atoms with Crippen LogP contribution in [0.4, 0.5) is 0 Å². The molecule has 10 nitrogen and oxygen atoms in total. The Kier molecular flexibility index (Phi) is 13.9. The molecular formula is C36H47N5O5. The van der Waals surface area contributed by atoms with Gasteiger partial charge in [0.05, 0.1) is 12.1 Å². The molecule has 2 unspecified atom stereocenters. The predicted octanol–water partition coefficient (Wildman–Crippen LogP) is 4.02. The number of amides is 4. The highest BCUT2D eigenvalue weighted by atomic mass is 16.3. The highest BCUT2D eigenvalue weighted by molar-refractivity contribution is 6.04. The second-order valence-electron chi connectivity index (χ2n) is 11.5. The van der Waals surface area contributed by atoms with Crippen LogP contribution < -0.4 is 10.7 Å². The van der Waals surface area contributed by atoms with Crippen LogP contribution in [0.3, 0.4) is 0 Å². The summed E-state index contributed by atoms with van der Waals surface area (Å²) in [6, 6.07) is 22.0. The summed E-state index contributed by atoms with van der Waals surface area (Å²) < 4.78 is 0. The zero-order chi connectivity index (χ0) is 33.6. The lowest BCUT2D eigenvalue weighted by molar-refractivity contribution is 0.0471. The molecule has 10 heteroatoms. The van der Waals surface area contributed by atoms with Crippen molar-refractivity contribution in [3.63, 3.8) is 0 Å². The van der Waals surface area contributed by atoms with Crippen LogP contribution in [0, 0.1) is 0 Å². The summed E-state index contributed by atoms with van der Waals surface area (Å²) in [7, 11) is 3.22. The minimum atomic E-state index is -1.09. The van der Waals surface area contributed by atoms with E-state index in [1.807, 2.05) is 57.2 Å². The predicted molar refractivity (Wildman–Crippen MR) is 180 cm³/mol. The molecule has 3 aromatic rings. The van der Waals surface area contributed by atoms with Crippen molar-refractivity contribution in [2.24, 2.45) is 0 Å². The minimum absolute atomic E-state index is 0.0404. The Labute approximate surface area is 272 Å². The summed E-state index contributed by atoms with van der Waals surface area (Å²) in [5.74, 6) is -1.43. The number of hydrogen-bond donors (Lipinski definition) is 3. The van der Waals surface area contributed by atoms with Gasteiger partial charge in [0.25, 0.3) is 23.6 Å². The summed E-state index contributed by atoms with van der Waals surface area (Å²) in [5.41, 5.74) is 4.82. The molecule has 3 N–H and O–H groups in total. The molecule has 0 aliphatic rings. The molecular weight excluding hydrogens is 582 g/mol. The molecule has 0 radical (unpaired) electrons. The van der Waals surface area contributed by atoms with Gasteiger partial charge in [0, 0.05) is 62.5 Å². The molecule has 0 aromatic heterocycles. The smallest absolute Gasteiger partial charge is 0.265 e. The highest BCUT2D eigenvalue weighted by Gasteiger charge is 2.27. The van der Waals surface area contributed by atoms with E-state index >= 15 is 0 Å². The van der Waals surface area contributed by atoms with Crippen LogP contribution in [-0.2, 0) is 6.42 Å². The molecule has 0 bridgehead atoms. The molecule has 0 saturated heterocycles. The Hall–Kier alpha value is -4.54. The number of nitrogens with one attached hydrogen (secondary N) is 2. The Morgan fingerprint density at radius 1 is 0.717 bits per heavy atom. The third-order valence-corrected chi connectivity index (χ3v) is 7.53. The number of rotatable bonds is 16. The van der Waals surface area contributed by atoms with Gasteiger partial charge in [-0.05, 0) is 55.2 Å². The topological polar surface area (TPSA) is 122 Å². The van der Waals surface area contributed by atoms with Gasteiger partial charge in [-0.1, -0.05) is 69.3 Å². The average molecular weight is 630 g/mol. The van der Waals surface area contributed by atoms with Crippen molar-refractivity contribution >= 4 is 23.6 Å². The van der Waals surface area contributed by atoms with Crippen molar-refractivity contribution in [1.82, 2.24) is 25.6 Å². The molecule has 46 heavy (non-hydrogen) atoms. The number of hydrazine groups is 1. The van der Waals surface area contributed by atoms with Crippen LogP contribution in [0.15, 0.2) is 78.9 Å². The molecule has 0 heterocycles. The Bertz CT molecular complexity index is 1440. The van der Waals surface area contributed by atoms with Crippen LogP contribution in [0.5, 0.6) is 0 Å². The van der Waals surface area contributed by atoms with Crippen molar-refractivity contribution < 1.29 is 24.3 Å². The quantitative estimate of drug-likeness (QED) is 0.206. The first-order valence-corrected chi connectivity index (χ1v) is 15.9. The van der Waals surface area contributed by atoms with E-state index in [1.165, 1.54) is 23.1 Å². The van der Waals surface area contributed by atoms with Gasteiger partial charge in [0.15, 0.2) is 0 Å². The average Bonchev–Trinajstić information content (AvgIpc) is 3.07. The maximum atomic E-state index is 13.9. The fourth-order valence-corrected chi connectivity index (χ4v) is 5.11.